The van der Waals surface area contributed by atoms with Gasteiger partial charge in [0, 0.05) is 36.2 Å². The van der Waals surface area contributed by atoms with Crippen LogP contribution in [0, 0.1) is 0 Å². The second-order valence-corrected chi connectivity index (χ2v) is 5.43. The average molecular weight is 295 g/mol. The van der Waals surface area contributed by atoms with Gasteiger partial charge in [0.25, 0.3) is 0 Å². The number of hydrogen-bond donors (Lipinski definition) is 1. The molecule has 1 aliphatic heterocycles. The van der Waals surface area contributed by atoms with Gasteiger partial charge in [-0.1, -0.05) is 31.4 Å². The number of benzene rings is 1. The number of nitrogens with two attached hydrogens (primary N) is 1. The minimum absolute atomic E-state index is 0.595. The van der Waals surface area contributed by atoms with Crippen molar-refractivity contribution in [2.24, 2.45) is 0 Å². The molecule has 1 aromatic heterocycles. The lowest BCUT2D eigenvalue weighted by atomic mass is 10.1. The topological polar surface area (TPSA) is 43.4 Å². The van der Waals surface area contributed by atoms with E-state index in [9.17, 15) is 0 Å². The van der Waals surface area contributed by atoms with Crippen LogP contribution in [0.2, 0.25) is 0 Å². The van der Waals surface area contributed by atoms with Gasteiger partial charge in [0.2, 0.25) is 0 Å². The Labute approximate surface area is 131 Å². The maximum atomic E-state index is 6.12. The van der Waals surface area contributed by atoms with Gasteiger partial charge in [-0.3, -0.25) is 0 Å². The summed E-state index contributed by atoms with van der Waals surface area (Å²) in [7, 11) is 0. The maximum absolute atomic E-state index is 6.12. The summed E-state index contributed by atoms with van der Waals surface area (Å²) in [6.45, 7) is 10.8. The van der Waals surface area contributed by atoms with E-state index >= 15 is 0 Å². The number of aromatic nitrogens is 1. The Hall–Kier alpha value is -2.46. The SMILES string of the molecule is C=Cc1ccn(Cc2cccc(N3CCOCC3=C)c2)c1N. The van der Waals surface area contributed by atoms with Crippen LogP contribution in [0.3, 0.4) is 0 Å². The predicted molar refractivity (Wildman–Crippen MR) is 91.8 cm³/mol. The highest BCUT2D eigenvalue weighted by Crippen LogP contribution is 2.23. The summed E-state index contributed by atoms with van der Waals surface area (Å²) in [5, 5.41) is 0. The van der Waals surface area contributed by atoms with E-state index in [1.54, 1.807) is 6.08 Å². The van der Waals surface area contributed by atoms with Crippen LogP contribution in [0.5, 0.6) is 0 Å². The zero-order valence-electron chi connectivity index (χ0n) is 12.7. The molecule has 0 aliphatic carbocycles. The first-order valence-electron chi connectivity index (χ1n) is 7.38. The van der Waals surface area contributed by atoms with Crippen LogP contribution in [0.4, 0.5) is 11.5 Å². The lowest BCUT2D eigenvalue weighted by molar-refractivity contribution is 0.143. The summed E-state index contributed by atoms with van der Waals surface area (Å²) >= 11 is 0. The molecule has 2 heterocycles. The number of nitrogen functional groups attached to an aromatic ring is 1. The first kappa shape index (κ1) is 14.5. The molecule has 1 aliphatic rings. The van der Waals surface area contributed by atoms with Crippen LogP contribution in [0.1, 0.15) is 11.1 Å². The summed E-state index contributed by atoms with van der Waals surface area (Å²) in [5.41, 5.74) is 10.4. The molecule has 114 valence electrons. The molecule has 4 heteroatoms. The average Bonchev–Trinajstić information content (AvgIpc) is 2.88. The molecule has 0 bridgehead atoms. The molecule has 1 aromatic carbocycles. The standard InChI is InChI=1S/C18H21N3O/c1-3-16-7-8-20(18(16)19)12-15-5-4-6-17(11-15)21-9-10-22-13-14(21)2/h3-8,11H,1-2,9-10,12-13,19H2. The third-order valence-electron chi connectivity index (χ3n) is 3.94. The fraction of sp³-hybridized carbons (Fsp3) is 0.222. The highest BCUT2D eigenvalue weighted by molar-refractivity contribution is 5.61. The quantitative estimate of drug-likeness (QED) is 0.942. The Balaban J connectivity index is 1.83. The van der Waals surface area contributed by atoms with Crippen molar-refractivity contribution >= 4 is 17.6 Å². The molecule has 2 N–H and O–H groups in total. The number of ether oxygens (including phenoxy) is 1. The molecule has 0 saturated carbocycles. The second-order valence-electron chi connectivity index (χ2n) is 5.43. The largest absolute Gasteiger partial charge is 0.385 e. The van der Waals surface area contributed by atoms with Gasteiger partial charge in [-0.2, -0.15) is 0 Å². The van der Waals surface area contributed by atoms with Crippen molar-refractivity contribution < 1.29 is 4.74 Å². The van der Waals surface area contributed by atoms with Crippen LogP contribution in [-0.4, -0.2) is 24.3 Å². The Bertz CT molecular complexity index is 702. The highest BCUT2D eigenvalue weighted by Gasteiger charge is 2.15. The van der Waals surface area contributed by atoms with E-state index in [4.69, 9.17) is 10.5 Å². The van der Waals surface area contributed by atoms with Crippen LogP contribution < -0.4 is 10.6 Å². The first-order chi connectivity index (χ1) is 10.7. The first-order valence-corrected chi connectivity index (χ1v) is 7.38. The van der Waals surface area contributed by atoms with E-state index < -0.39 is 0 Å². The number of anilines is 2. The summed E-state index contributed by atoms with van der Waals surface area (Å²) in [6.07, 6.45) is 3.77. The second kappa shape index (κ2) is 6.12. The van der Waals surface area contributed by atoms with E-state index in [0.717, 1.165) is 42.5 Å². The molecule has 3 rings (SSSR count). The number of nitrogens with zero attached hydrogens (tertiary/aromatic N) is 2. The Kier molecular flexibility index (Phi) is 4.02. The molecule has 0 unspecified atom stereocenters. The molecule has 0 spiro atoms. The third kappa shape index (κ3) is 2.78. The zero-order valence-corrected chi connectivity index (χ0v) is 12.7. The fourth-order valence-corrected chi connectivity index (χ4v) is 2.73. The van der Waals surface area contributed by atoms with Gasteiger partial charge in [0.15, 0.2) is 0 Å². The summed E-state index contributed by atoms with van der Waals surface area (Å²) in [5.74, 6) is 0.746. The normalized spacial score (nSPS) is 15.1. The lowest BCUT2D eigenvalue weighted by Crippen LogP contribution is -2.33. The Morgan fingerprint density at radius 1 is 1.32 bits per heavy atom. The molecule has 22 heavy (non-hydrogen) atoms. The van der Waals surface area contributed by atoms with E-state index in [1.807, 2.05) is 16.8 Å². The molecular weight excluding hydrogens is 274 g/mol. The van der Waals surface area contributed by atoms with Crippen LogP contribution in [-0.2, 0) is 11.3 Å². The highest BCUT2D eigenvalue weighted by atomic mass is 16.5. The number of morpholine rings is 1. The van der Waals surface area contributed by atoms with Gasteiger partial charge in [0.05, 0.1) is 13.2 Å². The van der Waals surface area contributed by atoms with Crippen LogP contribution in [0.25, 0.3) is 6.08 Å². The molecule has 1 saturated heterocycles. The van der Waals surface area contributed by atoms with Gasteiger partial charge >= 0.3 is 0 Å². The molecule has 4 nitrogen and oxygen atoms in total. The Morgan fingerprint density at radius 3 is 2.91 bits per heavy atom. The predicted octanol–water partition coefficient (Wildman–Crippen LogP) is 3.11. The van der Waals surface area contributed by atoms with Crippen LogP contribution >= 0.6 is 0 Å². The smallest absolute Gasteiger partial charge is 0.110 e. The van der Waals surface area contributed by atoms with Crippen molar-refractivity contribution in [2.45, 2.75) is 6.54 Å². The summed E-state index contributed by atoms with van der Waals surface area (Å²) < 4.78 is 7.45. The van der Waals surface area contributed by atoms with Crippen molar-refractivity contribution in [3.05, 3.63) is 66.5 Å². The van der Waals surface area contributed by atoms with E-state index in [1.165, 1.54) is 5.56 Å². The molecule has 0 atom stereocenters. The minimum Gasteiger partial charge on any atom is -0.385 e. The molecule has 2 aromatic rings. The van der Waals surface area contributed by atoms with Crippen molar-refractivity contribution in [3.63, 3.8) is 0 Å². The van der Waals surface area contributed by atoms with E-state index in [0.29, 0.717) is 6.61 Å². The van der Waals surface area contributed by atoms with Gasteiger partial charge in [-0.05, 0) is 23.8 Å². The molecule has 0 amide bonds. The third-order valence-corrected chi connectivity index (χ3v) is 3.94. The Morgan fingerprint density at radius 2 is 2.18 bits per heavy atom. The van der Waals surface area contributed by atoms with Gasteiger partial charge < -0.3 is 19.9 Å². The van der Waals surface area contributed by atoms with Gasteiger partial charge in [-0.15, -0.1) is 0 Å². The van der Waals surface area contributed by atoms with Crippen molar-refractivity contribution in [3.8, 4) is 0 Å². The van der Waals surface area contributed by atoms with E-state index in [-0.39, 0.29) is 0 Å². The zero-order chi connectivity index (χ0) is 15.5. The fourth-order valence-electron chi connectivity index (χ4n) is 2.73. The van der Waals surface area contributed by atoms with Crippen molar-refractivity contribution in [1.29, 1.82) is 0 Å². The molecule has 0 radical (unpaired) electrons. The van der Waals surface area contributed by atoms with Gasteiger partial charge in [0.1, 0.15) is 5.82 Å². The molecule has 1 fully saturated rings. The number of rotatable bonds is 4. The molecular formula is C18H21N3O. The summed E-state index contributed by atoms with van der Waals surface area (Å²) in [4.78, 5) is 2.21. The monoisotopic (exact) mass is 295 g/mol. The van der Waals surface area contributed by atoms with Crippen molar-refractivity contribution in [1.82, 2.24) is 4.57 Å². The maximum Gasteiger partial charge on any atom is 0.110 e. The van der Waals surface area contributed by atoms with Gasteiger partial charge in [-0.25, -0.2) is 0 Å². The van der Waals surface area contributed by atoms with Crippen LogP contribution in [0.15, 0.2) is 55.4 Å². The minimum atomic E-state index is 0.595. The van der Waals surface area contributed by atoms with Crippen molar-refractivity contribution in [2.75, 3.05) is 30.4 Å². The number of hydrogen-bond acceptors (Lipinski definition) is 3. The van der Waals surface area contributed by atoms with E-state index in [2.05, 4.69) is 42.3 Å². The lowest BCUT2D eigenvalue weighted by Gasteiger charge is -2.31. The summed E-state index contributed by atoms with van der Waals surface area (Å²) in [6, 6.07) is 10.5.